The fourth-order valence-corrected chi connectivity index (χ4v) is 9.88. The third-order valence-electron chi connectivity index (χ3n) is 8.41. The molecule has 18 heteroatoms. The number of thiazole rings is 4. The molecule has 0 saturated heterocycles. The molecule has 8 nitrogen and oxygen atoms in total. The maximum atomic E-state index is 5.37. The van der Waals surface area contributed by atoms with Gasteiger partial charge in [-0.15, -0.1) is 0 Å². The maximum Gasteiger partial charge on any atom is 0.225 e. The van der Waals surface area contributed by atoms with Crippen LogP contribution in [0.2, 0.25) is 0 Å². The molecule has 9 heterocycles. The Bertz CT molecular complexity index is 2320. The normalized spacial score (nSPS) is 11.0. The molecule has 0 aromatic carbocycles. The van der Waals surface area contributed by atoms with Crippen molar-refractivity contribution in [2.24, 2.45) is 28.2 Å². The van der Waals surface area contributed by atoms with Crippen LogP contribution in [0.4, 0.5) is 0 Å². The Morgan fingerprint density at radius 3 is 0.815 bits per heavy atom. The van der Waals surface area contributed by atoms with Crippen molar-refractivity contribution in [2.45, 2.75) is 0 Å². The molecule has 2 aliphatic heterocycles. The predicted molar refractivity (Wildman–Crippen MR) is 197 cm³/mol. The number of halogens is 5. The summed E-state index contributed by atoms with van der Waals surface area (Å²) in [5.74, 6) is 0. The zero-order valence-electron chi connectivity index (χ0n) is 28.8. The van der Waals surface area contributed by atoms with Gasteiger partial charge in [-0.05, 0) is 48.6 Å². The minimum Gasteiger partial charge on any atom is -1.00 e. The third kappa shape index (κ3) is 8.28. The van der Waals surface area contributed by atoms with Gasteiger partial charge in [-0.25, -0.2) is 9.97 Å². The molecule has 7 aromatic rings. The number of aryl methyl sites for hydroxylation is 4. The second-order valence-electron chi connectivity index (χ2n) is 12.0. The van der Waals surface area contributed by atoms with Crippen molar-refractivity contribution in [3.05, 3.63) is 93.9 Å². The molecular formula is C36H30Cl5MnN8S4-. The summed E-state index contributed by atoms with van der Waals surface area (Å²) in [6, 6.07) is 8.72. The molecule has 0 aliphatic carbocycles. The summed E-state index contributed by atoms with van der Waals surface area (Å²) in [6.45, 7) is 0. The molecule has 2 aliphatic rings. The second kappa shape index (κ2) is 18.4. The summed E-state index contributed by atoms with van der Waals surface area (Å²) >= 11 is 6.86. The fourth-order valence-electron chi connectivity index (χ4n) is 6.28. The van der Waals surface area contributed by atoms with E-state index in [0.717, 1.165) is 86.6 Å². The van der Waals surface area contributed by atoms with Crippen LogP contribution in [0, 0.1) is 0 Å². The fraction of sp³-hybridized carbons (Fsp3) is 0.111. The number of rotatable bonds is 4. The molecule has 2 N–H and O–H groups in total. The van der Waals surface area contributed by atoms with E-state index in [0.29, 0.717) is 0 Å². The first-order valence-electron chi connectivity index (χ1n) is 15.3. The van der Waals surface area contributed by atoms with E-state index in [1.54, 1.807) is 45.3 Å². The molecule has 0 amide bonds. The van der Waals surface area contributed by atoms with E-state index in [-0.39, 0.29) is 79.1 Å². The number of aromatic amines is 2. The zero-order valence-corrected chi connectivity index (χ0v) is 37.0. The molecule has 0 spiro atoms. The average molecular weight is 935 g/mol. The molecule has 281 valence electrons. The van der Waals surface area contributed by atoms with Crippen LogP contribution in [0.3, 0.4) is 0 Å². The largest absolute Gasteiger partial charge is 1.00 e. The molecule has 0 atom stereocenters. The van der Waals surface area contributed by atoms with Crippen LogP contribution in [0.25, 0.3) is 88.1 Å². The van der Waals surface area contributed by atoms with Crippen molar-refractivity contribution in [2.75, 3.05) is 0 Å². The molecule has 0 saturated carbocycles. The van der Waals surface area contributed by atoms with Crippen molar-refractivity contribution in [1.82, 2.24) is 19.9 Å². The monoisotopic (exact) mass is 932 g/mol. The van der Waals surface area contributed by atoms with Gasteiger partial charge in [-0.1, -0.05) is 45.3 Å². The molecule has 7 aromatic heterocycles. The van der Waals surface area contributed by atoms with Crippen LogP contribution < -0.4 is 80.3 Å². The molecule has 0 unspecified atom stereocenters. The standard InChI is InChI=1S/C36H30N8S4.5ClH.Mn/c1-41-13-29(45-17-41)33-21-5-7-23(37-21)34(30-14-42(2)18-46-30)25-9-11-27(39-25)36(32-16-44(4)20-48-32)28-12-10-26(40-28)35(24-8-6-22(33)38-24)31-15-43(3)19-47-31;;;;;;/h5-20,37,40H,1-4H3;5*1H;/q+4;;;;;;/p-5. The van der Waals surface area contributed by atoms with Gasteiger partial charge >= 0.3 is 0 Å². The van der Waals surface area contributed by atoms with Crippen molar-refractivity contribution in [1.29, 1.82) is 0 Å². The quantitative estimate of drug-likeness (QED) is 0.136. The maximum absolute atomic E-state index is 5.37. The van der Waals surface area contributed by atoms with Gasteiger partial charge in [0.1, 0.15) is 47.7 Å². The van der Waals surface area contributed by atoms with Crippen LogP contribution in [0.1, 0.15) is 22.8 Å². The minimum absolute atomic E-state index is 0. The van der Waals surface area contributed by atoms with E-state index in [9.17, 15) is 0 Å². The van der Waals surface area contributed by atoms with E-state index in [2.05, 4.69) is 152 Å². The van der Waals surface area contributed by atoms with Gasteiger partial charge in [-0.2, -0.15) is 18.3 Å². The van der Waals surface area contributed by atoms with E-state index >= 15 is 0 Å². The molecular weight excluding hydrogens is 905 g/mol. The Balaban J connectivity index is 0.00000131. The molecule has 54 heavy (non-hydrogen) atoms. The first-order chi connectivity index (χ1) is 23.4. The summed E-state index contributed by atoms with van der Waals surface area (Å²) in [5.41, 5.74) is 20.5. The third-order valence-corrected chi connectivity index (χ3v) is 12.4. The van der Waals surface area contributed by atoms with E-state index in [4.69, 9.17) is 9.97 Å². The summed E-state index contributed by atoms with van der Waals surface area (Å²) in [4.78, 5) is 22.9. The van der Waals surface area contributed by atoms with Crippen LogP contribution in [-0.2, 0) is 45.3 Å². The van der Waals surface area contributed by atoms with Gasteiger partial charge in [0.2, 0.25) is 22.0 Å². The number of hydrogen-bond donors (Lipinski definition) is 2. The number of fused-ring (bicyclic) bond motifs is 8. The SMILES string of the molecule is C[n+]1csc(-c2c3nc(c(-c4c[n+](C)cs4)c4ccc([nH]4)c(-c4c[n+](C)cs4)c4nc(c(-c5c[n+](C)cs5)c5ccc2[nH]5)C=C4)C=C3)c1.[Cl-].[Cl-].[Cl-].[Cl-].[Cl-].[Mn]. The van der Waals surface area contributed by atoms with Gasteiger partial charge in [0.25, 0.3) is 0 Å². The van der Waals surface area contributed by atoms with Crippen LogP contribution in [0.5, 0.6) is 0 Å². The number of nitrogens with zero attached hydrogens (tertiary/aromatic N) is 6. The second-order valence-corrected chi connectivity index (χ2v) is 15.6. The number of H-pyrrole nitrogens is 2. The van der Waals surface area contributed by atoms with Crippen molar-refractivity contribution < 1.29 is 97.4 Å². The van der Waals surface area contributed by atoms with Crippen LogP contribution in [-0.4, -0.2) is 19.9 Å². The predicted octanol–water partition coefficient (Wildman–Crippen LogP) is -8.11. The Hall–Kier alpha value is -2.91. The molecule has 1 radical (unpaired) electrons. The Kier molecular flexibility index (Phi) is 15.5. The first-order valence-corrected chi connectivity index (χ1v) is 18.8. The number of aromatic nitrogens is 8. The molecule has 9 rings (SSSR count). The number of nitrogens with one attached hydrogen (secondary N) is 2. The van der Waals surface area contributed by atoms with E-state index in [1.807, 2.05) is 0 Å². The summed E-state index contributed by atoms with van der Waals surface area (Å²) < 4.78 is 8.40. The summed E-state index contributed by atoms with van der Waals surface area (Å²) in [6.07, 6.45) is 17.3. The Labute approximate surface area is 369 Å². The van der Waals surface area contributed by atoms with Crippen molar-refractivity contribution >= 4 is 91.7 Å². The Morgan fingerprint density at radius 1 is 0.407 bits per heavy atom. The van der Waals surface area contributed by atoms with Crippen LogP contribution >= 0.6 is 45.3 Å². The average Bonchev–Trinajstić information content (AvgIpc) is 3.89. The number of hydrogen-bond acceptors (Lipinski definition) is 6. The zero-order chi connectivity index (χ0) is 32.5. The van der Waals surface area contributed by atoms with Crippen molar-refractivity contribution in [3.8, 4) is 41.8 Å². The minimum atomic E-state index is 0. The summed E-state index contributed by atoms with van der Waals surface area (Å²) in [5, 5.41) is 0. The van der Waals surface area contributed by atoms with Gasteiger partial charge in [0.05, 0.1) is 22.8 Å². The Morgan fingerprint density at radius 2 is 0.630 bits per heavy atom. The summed E-state index contributed by atoms with van der Waals surface area (Å²) in [7, 11) is 8.26. The first kappa shape index (κ1) is 45.5. The molecule has 0 fully saturated rings. The van der Waals surface area contributed by atoms with Gasteiger partial charge in [0.15, 0.2) is 24.8 Å². The van der Waals surface area contributed by atoms with E-state index < -0.39 is 0 Å². The van der Waals surface area contributed by atoms with E-state index in [1.165, 1.54) is 0 Å². The van der Waals surface area contributed by atoms with Crippen molar-refractivity contribution in [3.63, 3.8) is 0 Å². The smallest absolute Gasteiger partial charge is 0.225 e. The topological polar surface area (TPSA) is 72.9 Å². The van der Waals surface area contributed by atoms with Gasteiger partial charge in [-0.3, -0.25) is 0 Å². The van der Waals surface area contributed by atoms with Gasteiger partial charge in [0, 0.05) is 61.4 Å². The van der Waals surface area contributed by atoms with Gasteiger partial charge < -0.3 is 72.0 Å². The molecule has 8 bridgehead atoms. The van der Waals surface area contributed by atoms with Crippen LogP contribution in [0.15, 0.2) is 71.1 Å².